The lowest BCUT2D eigenvalue weighted by atomic mass is 10.3. The van der Waals surface area contributed by atoms with Gasteiger partial charge in [0.25, 0.3) is 0 Å². The number of ether oxygens (including phenoxy) is 1. The van der Waals surface area contributed by atoms with Crippen molar-refractivity contribution in [1.82, 2.24) is 9.97 Å². The molecule has 0 amide bonds. The Morgan fingerprint density at radius 2 is 2.05 bits per heavy atom. The van der Waals surface area contributed by atoms with Crippen LogP contribution in [0.4, 0.5) is 5.69 Å². The van der Waals surface area contributed by atoms with Gasteiger partial charge in [0.2, 0.25) is 11.6 Å². The molecule has 2 aromatic rings. The molecular formula is C11H7Cl2N3O3. The first-order chi connectivity index (χ1) is 8.97. The van der Waals surface area contributed by atoms with Crippen LogP contribution in [-0.4, -0.2) is 14.9 Å². The molecule has 19 heavy (non-hydrogen) atoms. The Labute approximate surface area is 118 Å². The molecule has 1 aromatic carbocycles. The third-order valence-corrected chi connectivity index (χ3v) is 2.62. The van der Waals surface area contributed by atoms with Gasteiger partial charge in [-0.05, 0) is 13.0 Å². The van der Waals surface area contributed by atoms with Gasteiger partial charge in [0.15, 0.2) is 0 Å². The highest BCUT2D eigenvalue weighted by molar-refractivity contribution is 6.32. The van der Waals surface area contributed by atoms with E-state index in [2.05, 4.69) is 9.97 Å². The Balaban J connectivity index is 2.45. The predicted molar refractivity (Wildman–Crippen MR) is 70.0 cm³/mol. The second kappa shape index (κ2) is 5.38. The molecule has 0 N–H and O–H groups in total. The van der Waals surface area contributed by atoms with Crippen molar-refractivity contribution in [3.05, 3.63) is 50.4 Å². The van der Waals surface area contributed by atoms with E-state index in [1.54, 1.807) is 6.92 Å². The Kier molecular flexibility index (Phi) is 3.82. The van der Waals surface area contributed by atoms with Gasteiger partial charge in [0.1, 0.15) is 11.0 Å². The van der Waals surface area contributed by atoms with E-state index in [0.29, 0.717) is 5.82 Å². The van der Waals surface area contributed by atoms with Crippen molar-refractivity contribution in [1.29, 1.82) is 0 Å². The average Bonchev–Trinajstić information content (AvgIpc) is 2.30. The zero-order valence-corrected chi connectivity index (χ0v) is 11.1. The highest BCUT2D eigenvalue weighted by Gasteiger charge is 2.19. The van der Waals surface area contributed by atoms with Crippen molar-refractivity contribution in [2.75, 3.05) is 0 Å². The number of hydrogen-bond donors (Lipinski definition) is 0. The summed E-state index contributed by atoms with van der Waals surface area (Å²) >= 11 is 11.7. The molecule has 0 unspecified atom stereocenters. The summed E-state index contributed by atoms with van der Waals surface area (Å²) in [7, 11) is 0. The van der Waals surface area contributed by atoms with Gasteiger partial charge < -0.3 is 4.74 Å². The number of halogens is 2. The summed E-state index contributed by atoms with van der Waals surface area (Å²) in [5.74, 6) is 0.397. The molecule has 0 bridgehead atoms. The fourth-order valence-electron chi connectivity index (χ4n) is 1.40. The van der Waals surface area contributed by atoms with Crippen LogP contribution in [0.5, 0.6) is 11.6 Å². The van der Waals surface area contributed by atoms with Gasteiger partial charge >= 0.3 is 5.69 Å². The second-order valence-corrected chi connectivity index (χ2v) is 4.32. The fourth-order valence-corrected chi connectivity index (χ4v) is 1.83. The van der Waals surface area contributed by atoms with Crippen LogP contribution in [0.3, 0.4) is 0 Å². The van der Waals surface area contributed by atoms with Crippen molar-refractivity contribution in [3.63, 3.8) is 0 Å². The summed E-state index contributed by atoms with van der Waals surface area (Å²) in [5, 5.41) is 11.2. The molecular weight excluding hydrogens is 293 g/mol. The van der Waals surface area contributed by atoms with Crippen LogP contribution in [0.1, 0.15) is 5.82 Å². The van der Waals surface area contributed by atoms with Gasteiger partial charge in [-0.15, -0.1) is 0 Å². The minimum atomic E-state index is -0.586. The summed E-state index contributed by atoms with van der Waals surface area (Å²) < 4.78 is 5.35. The molecule has 0 saturated heterocycles. The zero-order valence-electron chi connectivity index (χ0n) is 9.63. The number of aryl methyl sites for hydroxylation is 1. The first kappa shape index (κ1) is 13.5. The van der Waals surface area contributed by atoms with E-state index >= 15 is 0 Å². The smallest absolute Gasteiger partial charge is 0.313 e. The van der Waals surface area contributed by atoms with Gasteiger partial charge in [0.05, 0.1) is 9.95 Å². The van der Waals surface area contributed by atoms with E-state index in [9.17, 15) is 10.1 Å². The van der Waals surface area contributed by atoms with Crippen LogP contribution < -0.4 is 4.74 Å². The van der Waals surface area contributed by atoms with E-state index in [4.69, 9.17) is 27.9 Å². The maximum absolute atomic E-state index is 10.9. The van der Waals surface area contributed by atoms with E-state index in [1.807, 2.05) is 0 Å². The summed E-state index contributed by atoms with van der Waals surface area (Å²) in [5.41, 5.74) is -0.250. The number of benzene rings is 1. The maximum Gasteiger partial charge on any atom is 0.313 e. The predicted octanol–water partition coefficient (Wildman–Crippen LogP) is 3.79. The first-order valence-corrected chi connectivity index (χ1v) is 5.85. The standard InChI is InChI=1S/C11H7Cl2N3O3/c1-6-14-9(13)5-10(15-6)19-11-7(12)3-2-4-8(11)16(17)18/h2-5H,1H3. The van der Waals surface area contributed by atoms with Crippen molar-refractivity contribution < 1.29 is 9.66 Å². The minimum Gasteiger partial charge on any atom is -0.430 e. The lowest BCUT2D eigenvalue weighted by Crippen LogP contribution is -1.97. The maximum atomic E-state index is 10.9. The summed E-state index contributed by atoms with van der Waals surface area (Å²) in [4.78, 5) is 18.2. The molecule has 0 aliphatic heterocycles. The molecule has 2 rings (SSSR count). The fraction of sp³-hybridized carbons (Fsp3) is 0.0909. The molecule has 0 radical (unpaired) electrons. The number of rotatable bonds is 3. The molecule has 0 saturated carbocycles. The molecule has 0 spiro atoms. The normalized spacial score (nSPS) is 10.3. The topological polar surface area (TPSA) is 78.2 Å². The number of nitrogens with zero attached hydrogens (tertiary/aromatic N) is 3. The number of nitro benzene ring substituents is 1. The van der Waals surface area contributed by atoms with Crippen LogP contribution in [-0.2, 0) is 0 Å². The van der Waals surface area contributed by atoms with Crippen LogP contribution in [0, 0.1) is 17.0 Å². The lowest BCUT2D eigenvalue weighted by molar-refractivity contribution is -0.385. The molecule has 0 aliphatic carbocycles. The monoisotopic (exact) mass is 299 g/mol. The number of nitro groups is 1. The summed E-state index contributed by atoms with van der Waals surface area (Å²) in [6, 6.07) is 5.59. The average molecular weight is 300 g/mol. The summed E-state index contributed by atoms with van der Waals surface area (Å²) in [6.45, 7) is 1.62. The van der Waals surface area contributed by atoms with Gasteiger partial charge in [-0.25, -0.2) is 4.98 Å². The molecule has 98 valence electrons. The minimum absolute atomic E-state index is 0.0802. The lowest BCUT2D eigenvalue weighted by Gasteiger charge is -2.07. The van der Waals surface area contributed by atoms with Gasteiger partial charge in [0, 0.05) is 12.1 Å². The van der Waals surface area contributed by atoms with E-state index in [1.165, 1.54) is 24.3 Å². The molecule has 1 heterocycles. The largest absolute Gasteiger partial charge is 0.430 e. The molecule has 0 aliphatic rings. The van der Waals surface area contributed by atoms with E-state index in [-0.39, 0.29) is 27.5 Å². The number of hydrogen-bond acceptors (Lipinski definition) is 5. The molecule has 0 fully saturated rings. The third-order valence-electron chi connectivity index (χ3n) is 2.13. The van der Waals surface area contributed by atoms with Gasteiger partial charge in [-0.1, -0.05) is 29.3 Å². The van der Waals surface area contributed by atoms with Crippen LogP contribution in [0.2, 0.25) is 10.2 Å². The molecule has 1 aromatic heterocycles. The first-order valence-electron chi connectivity index (χ1n) is 5.09. The van der Waals surface area contributed by atoms with Gasteiger partial charge in [-0.3, -0.25) is 10.1 Å². The second-order valence-electron chi connectivity index (χ2n) is 3.52. The van der Waals surface area contributed by atoms with E-state index in [0.717, 1.165) is 0 Å². The van der Waals surface area contributed by atoms with Gasteiger partial charge in [-0.2, -0.15) is 4.98 Å². The molecule has 6 nitrogen and oxygen atoms in total. The SMILES string of the molecule is Cc1nc(Cl)cc(Oc2c(Cl)cccc2[N+](=O)[O-])n1. The highest BCUT2D eigenvalue weighted by atomic mass is 35.5. The third kappa shape index (κ3) is 3.10. The molecule has 0 atom stereocenters. The van der Waals surface area contributed by atoms with Crippen molar-refractivity contribution >= 4 is 28.9 Å². The van der Waals surface area contributed by atoms with Crippen molar-refractivity contribution in [2.24, 2.45) is 0 Å². The van der Waals surface area contributed by atoms with Crippen LogP contribution >= 0.6 is 23.2 Å². The zero-order chi connectivity index (χ0) is 14.0. The van der Waals surface area contributed by atoms with Crippen molar-refractivity contribution in [2.45, 2.75) is 6.92 Å². The van der Waals surface area contributed by atoms with Crippen LogP contribution in [0.15, 0.2) is 24.3 Å². The quantitative estimate of drug-likeness (QED) is 0.489. The summed E-state index contributed by atoms with van der Waals surface area (Å²) in [6.07, 6.45) is 0. The van der Waals surface area contributed by atoms with Crippen molar-refractivity contribution in [3.8, 4) is 11.6 Å². The number of para-hydroxylation sites is 1. The Hall–Kier alpha value is -1.92. The number of aromatic nitrogens is 2. The Morgan fingerprint density at radius 3 is 2.68 bits per heavy atom. The molecule has 8 heteroatoms. The van der Waals surface area contributed by atoms with Crippen LogP contribution in [0.25, 0.3) is 0 Å². The Morgan fingerprint density at radius 1 is 1.32 bits per heavy atom. The Bertz CT molecular complexity index is 629. The van der Waals surface area contributed by atoms with E-state index < -0.39 is 4.92 Å². The highest BCUT2D eigenvalue weighted by Crippen LogP contribution is 2.37.